The van der Waals surface area contributed by atoms with Gasteiger partial charge in [0.05, 0.1) is 0 Å². The Labute approximate surface area is 602 Å². The highest BCUT2D eigenvalue weighted by Gasteiger charge is 2.00. The molecule has 0 amide bonds. The Balaban J connectivity index is 0.000000539. The van der Waals surface area contributed by atoms with Crippen LogP contribution >= 0.6 is 0 Å². The molecule has 0 spiro atoms. The lowest BCUT2D eigenvalue weighted by molar-refractivity contribution is 1.22. The molecule has 0 saturated carbocycles. The van der Waals surface area contributed by atoms with Crippen molar-refractivity contribution in [1.29, 1.82) is 0 Å². The molecule has 0 radical (unpaired) electrons. The number of aryl methyl sites for hydroxylation is 27. The van der Waals surface area contributed by atoms with Crippen LogP contribution in [0.1, 0.15) is 178 Å². The maximum atomic E-state index is 2.22. The van der Waals surface area contributed by atoms with E-state index >= 15 is 0 Å². The summed E-state index contributed by atoms with van der Waals surface area (Å²) in [5.41, 5.74) is 44.0. The zero-order chi connectivity index (χ0) is 74.5. The lowest BCUT2D eigenvalue weighted by Crippen LogP contribution is -1.88. The van der Waals surface area contributed by atoms with E-state index in [1.165, 1.54) is 178 Å². The third-order valence-corrected chi connectivity index (χ3v) is 18.3. The second kappa shape index (κ2) is 45.8. The Bertz CT molecular complexity index is 3770. The minimum absolute atomic E-state index is 1.33. The molecule has 98 heavy (non-hydrogen) atoms. The van der Waals surface area contributed by atoms with Crippen molar-refractivity contribution < 1.29 is 0 Å². The van der Waals surface area contributed by atoms with Gasteiger partial charge in [0, 0.05) is 0 Å². The van der Waals surface area contributed by atoms with Gasteiger partial charge in [-0.25, -0.2) is 0 Å². The van der Waals surface area contributed by atoms with Gasteiger partial charge in [-0.2, -0.15) is 0 Å². The molecule has 0 fully saturated rings. The van der Waals surface area contributed by atoms with E-state index in [1.54, 1.807) is 0 Å². The van der Waals surface area contributed by atoms with E-state index in [4.69, 9.17) is 0 Å². The van der Waals surface area contributed by atoms with Gasteiger partial charge in [-0.1, -0.05) is 267 Å². The van der Waals surface area contributed by atoms with Crippen molar-refractivity contribution >= 4 is 0 Å². The van der Waals surface area contributed by atoms with Crippen LogP contribution in [0.5, 0.6) is 0 Å². The Morgan fingerprint density at radius 3 is 0.500 bits per heavy atom. The van der Waals surface area contributed by atoms with E-state index in [0.29, 0.717) is 0 Å². The Hall–Kier alpha value is -8.58. The zero-order valence-corrected chi connectivity index (χ0v) is 67.6. The molecule has 0 atom stereocenters. The van der Waals surface area contributed by atoms with Crippen LogP contribution in [0.15, 0.2) is 206 Å². The monoisotopic (exact) mass is 1310 g/mol. The topological polar surface area (TPSA) is 0 Å². The molecule has 0 aliphatic carbocycles. The SMILES string of the molecule is Cc1cc(C)c(C)c(C)c1.Cc1cc(C)cc(C)c1.Cc1ccc(C)c(C)c1.Cc1ccc(C)c(C)c1.Cc1ccc(C)c(C)c1.Cc1ccc(C)c(C)c1C.Cc1ccc(C)cc1.Cc1cccc(C)c1.Cc1cccc(C)c1C.Cc1cccc(C)c1C.Cc1ccccc1C. The predicted molar refractivity (Wildman–Crippen MR) is 442 cm³/mol. The predicted octanol–water partition coefficient (Wildman–Crippen LogP) is 28.4. The minimum Gasteiger partial charge on any atom is -0.0620 e. The summed E-state index contributed by atoms with van der Waals surface area (Å²) in [6.07, 6.45) is 0. The normalized spacial score (nSPS) is 9.63. The van der Waals surface area contributed by atoms with Gasteiger partial charge in [-0.15, -0.1) is 0 Å². The lowest BCUT2D eigenvalue weighted by atomic mass is 10.0. The number of hydrogen-bond donors (Lipinski definition) is 0. The molecule has 0 nitrogen and oxygen atoms in total. The first-order valence-corrected chi connectivity index (χ1v) is 35.2. The summed E-state index contributed by atoms with van der Waals surface area (Å²) in [5, 5.41) is 0. The third kappa shape index (κ3) is 36.1. The second-order valence-electron chi connectivity index (χ2n) is 27.8. The third-order valence-electron chi connectivity index (χ3n) is 18.3. The molecule has 11 aromatic rings. The standard InChI is InChI=1S/2C10H14.6C9H12.3C8H10/c1-7-5-8(2)10(4)9(3)6-7;1-7-5-6-8(2)10(4)9(7)3;1-7-4-8(2)6-9(3)5-7;3*1-7-4-5-8(2)9(3)6-7;2*1-7-5-4-6-8(2)9(7)3;1-7-3-5-8(2)6-4-7;1-7-4-3-5-8(2)6-7;1-7-5-3-4-6-8(7)2/h2*5-6H,1-4H3;6*4-6H,1-3H3;3*3-6H,1-2H3. The van der Waals surface area contributed by atoms with Crippen LogP contribution in [0, 0.1) is 222 Å². The molecule has 522 valence electrons. The van der Waals surface area contributed by atoms with Gasteiger partial charge in [-0.3, -0.25) is 0 Å². The van der Waals surface area contributed by atoms with Gasteiger partial charge in [0.1, 0.15) is 0 Å². The summed E-state index contributed by atoms with van der Waals surface area (Å²) in [4.78, 5) is 0. The summed E-state index contributed by atoms with van der Waals surface area (Å²) < 4.78 is 0. The molecule has 0 unspecified atom stereocenters. The van der Waals surface area contributed by atoms with Crippen molar-refractivity contribution in [3.05, 3.63) is 384 Å². The second-order valence-corrected chi connectivity index (χ2v) is 27.8. The van der Waals surface area contributed by atoms with Gasteiger partial charge in [0.2, 0.25) is 0 Å². The highest BCUT2D eigenvalue weighted by atomic mass is 14.1. The fraction of sp³-hybridized carbons (Fsp3) is 0.327. The Morgan fingerprint density at radius 2 is 0.276 bits per heavy atom. The van der Waals surface area contributed by atoms with E-state index in [1.807, 2.05) is 0 Å². The quantitative estimate of drug-likeness (QED) is 0.142. The lowest BCUT2D eigenvalue weighted by Gasteiger charge is -2.06. The van der Waals surface area contributed by atoms with Crippen LogP contribution in [-0.2, 0) is 0 Å². The van der Waals surface area contributed by atoms with E-state index in [0.717, 1.165) is 0 Å². The van der Waals surface area contributed by atoms with Crippen molar-refractivity contribution in [2.24, 2.45) is 0 Å². The van der Waals surface area contributed by atoms with Gasteiger partial charge >= 0.3 is 0 Å². The molecule has 11 aromatic carbocycles. The van der Waals surface area contributed by atoms with Gasteiger partial charge in [0.15, 0.2) is 0 Å². The summed E-state index contributed by atoms with van der Waals surface area (Å²) in [6.45, 7) is 68.4. The van der Waals surface area contributed by atoms with Gasteiger partial charge < -0.3 is 0 Å². The summed E-state index contributed by atoms with van der Waals surface area (Å²) >= 11 is 0. The van der Waals surface area contributed by atoms with Crippen LogP contribution < -0.4 is 0 Å². The molecule has 0 N–H and O–H groups in total. The molecular weight excluding hydrogens is 1180 g/mol. The summed E-state index contributed by atoms with van der Waals surface area (Å²) in [5.74, 6) is 0. The number of rotatable bonds is 0. The van der Waals surface area contributed by atoms with Crippen molar-refractivity contribution in [3.8, 4) is 0 Å². The molecule has 0 heterocycles. The maximum Gasteiger partial charge on any atom is -0.0392 e. The average molecular weight is 1310 g/mol. The zero-order valence-electron chi connectivity index (χ0n) is 67.6. The maximum absolute atomic E-state index is 2.22. The largest absolute Gasteiger partial charge is 0.0620 e. The molecule has 0 aromatic heterocycles. The molecule has 0 heteroatoms. The van der Waals surface area contributed by atoms with Crippen LogP contribution in [0.25, 0.3) is 0 Å². The first-order valence-electron chi connectivity index (χ1n) is 35.2. The first-order chi connectivity index (χ1) is 45.8. The van der Waals surface area contributed by atoms with Gasteiger partial charge in [0.25, 0.3) is 0 Å². The van der Waals surface area contributed by atoms with Crippen LogP contribution in [0.2, 0.25) is 0 Å². The fourth-order valence-electron chi connectivity index (χ4n) is 10.1. The van der Waals surface area contributed by atoms with E-state index in [9.17, 15) is 0 Å². The van der Waals surface area contributed by atoms with E-state index < -0.39 is 0 Å². The minimum atomic E-state index is 1.33. The molecule has 0 aliphatic rings. The molecule has 0 bridgehead atoms. The molecule has 0 aliphatic heterocycles. The van der Waals surface area contributed by atoms with Crippen molar-refractivity contribution in [1.82, 2.24) is 0 Å². The summed E-state index contributed by atoms with van der Waals surface area (Å²) in [7, 11) is 0. The van der Waals surface area contributed by atoms with Crippen molar-refractivity contribution in [2.45, 2.75) is 222 Å². The molecular formula is C98H130. The van der Waals surface area contributed by atoms with Crippen LogP contribution in [-0.4, -0.2) is 0 Å². The Kier molecular flexibility index (Phi) is 40.9. The van der Waals surface area contributed by atoms with E-state index in [2.05, 4.69) is 428 Å². The van der Waals surface area contributed by atoms with Gasteiger partial charge in [-0.05, 0) is 338 Å². The first kappa shape index (κ1) is 87.4. The number of benzene rings is 11. The smallest absolute Gasteiger partial charge is 0.0392 e. The van der Waals surface area contributed by atoms with E-state index in [-0.39, 0.29) is 0 Å². The van der Waals surface area contributed by atoms with Crippen molar-refractivity contribution in [2.75, 3.05) is 0 Å². The highest BCUT2D eigenvalue weighted by Crippen LogP contribution is 2.18. The van der Waals surface area contributed by atoms with Crippen LogP contribution in [0.4, 0.5) is 0 Å². The summed E-state index contributed by atoms with van der Waals surface area (Å²) in [6, 6.07) is 72.9. The van der Waals surface area contributed by atoms with Crippen molar-refractivity contribution in [3.63, 3.8) is 0 Å². The van der Waals surface area contributed by atoms with Crippen LogP contribution in [0.3, 0.4) is 0 Å². The average Bonchev–Trinajstić information content (AvgIpc) is 0.975. The molecule has 0 saturated heterocycles. The highest BCUT2D eigenvalue weighted by molar-refractivity contribution is 5.39. The fourth-order valence-corrected chi connectivity index (χ4v) is 10.1. The molecule has 11 rings (SSSR count). The number of hydrogen-bond acceptors (Lipinski definition) is 0. The Morgan fingerprint density at radius 1 is 0.102 bits per heavy atom.